The van der Waals surface area contributed by atoms with Crippen molar-refractivity contribution in [2.45, 2.75) is 36.6 Å². The molecule has 0 amide bonds. The van der Waals surface area contributed by atoms with Crippen molar-refractivity contribution in [2.75, 3.05) is 14.2 Å². The van der Waals surface area contributed by atoms with Crippen molar-refractivity contribution in [2.24, 2.45) is 0 Å². The number of ether oxygens (including phenoxy) is 2. The summed E-state index contributed by atoms with van der Waals surface area (Å²) in [6.07, 6.45) is 0.895. The largest absolute Gasteiger partial charge is 0.481 e. The van der Waals surface area contributed by atoms with Gasteiger partial charge >= 0.3 is 0 Å². The second kappa shape index (κ2) is 7.66. The van der Waals surface area contributed by atoms with Crippen molar-refractivity contribution in [3.63, 3.8) is 0 Å². The molecule has 5 nitrogen and oxygen atoms in total. The van der Waals surface area contributed by atoms with Crippen LogP contribution in [0.1, 0.15) is 37.1 Å². The molecule has 0 saturated carbocycles. The third-order valence-electron chi connectivity index (χ3n) is 3.54. The highest BCUT2D eigenvalue weighted by atomic mass is 32.2. The number of methoxy groups -OCH3 is 2. The van der Waals surface area contributed by atoms with Crippen molar-refractivity contribution >= 4 is 18.0 Å². The molecule has 0 spiro atoms. The Morgan fingerprint density at radius 3 is 2.00 bits per heavy atom. The number of carbonyl (C=O) groups is 1. The van der Waals surface area contributed by atoms with E-state index in [1.807, 2.05) is 12.1 Å². The lowest BCUT2D eigenvalue weighted by molar-refractivity contribution is -0.107. The Bertz CT molecular complexity index is 674. The van der Waals surface area contributed by atoms with E-state index in [1.165, 1.54) is 31.5 Å². The molecule has 1 aromatic carbocycles. The van der Waals surface area contributed by atoms with Crippen LogP contribution in [0, 0.1) is 0 Å². The van der Waals surface area contributed by atoms with Gasteiger partial charge in [0.15, 0.2) is 5.16 Å². The molecule has 2 aromatic rings. The first-order chi connectivity index (χ1) is 11.4. The van der Waals surface area contributed by atoms with Gasteiger partial charge in [-0.25, -0.2) is 0 Å². The van der Waals surface area contributed by atoms with Crippen molar-refractivity contribution in [1.82, 2.24) is 9.97 Å². The van der Waals surface area contributed by atoms with E-state index in [0.29, 0.717) is 16.9 Å². The van der Waals surface area contributed by atoms with E-state index in [2.05, 4.69) is 42.9 Å². The quantitative estimate of drug-likeness (QED) is 0.450. The number of carbonyl (C=O) groups excluding carboxylic acids is 1. The predicted octanol–water partition coefficient (Wildman–Crippen LogP) is 3.82. The summed E-state index contributed by atoms with van der Waals surface area (Å²) in [4.78, 5) is 20.1. The van der Waals surface area contributed by atoms with Gasteiger partial charge in [-0.2, -0.15) is 9.97 Å². The highest BCUT2D eigenvalue weighted by Gasteiger charge is 2.18. The highest BCUT2D eigenvalue weighted by molar-refractivity contribution is 8.00. The van der Waals surface area contributed by atoms with Crippen LogP contribution in [0.5, 0.6) is 11.8 Å². The van der Waals surface area contributed by atoms with Gasteiger partial charge in [-0.3, -0.25) is 0 Å². The van der Waals surface area contributed by atoms with Crippen LogP contribution in [-0.4, -0.2) is 30.5 Å². The molecule has 0 bridgehead atoms. The summed E-state index contributed by atoms with van der Waals surface area (Å²) >= 11 is 1.26. The number of rotatable bonds is 6. The minimum Gasteiger partial charge on any atom is -0.481 e. The molecule has 0 fully saturated rings. The fourth-order valence-electron chi connectivity index (χ4n) is 2.11. The zero-order chi connectivity index (χ0) is 17.7. The minimum atomic E-state index is -0.393. The van der Waals surface area contributed by atoms with E-state index in [0.717, 1.165) is 11.8 Å². The molecule has 1 heterocycles. The molecule has 2 rings (SSSR count). The van der Waals surface area contributed by atoms with Gasteiger partial charge in [-0.15, -0.1) is 0 Å². The molecule has 128 valence electrons. The number of thioether (sulfide) groups is 1. The second-order valence-electron chi connectivity index (χ2n) is 6.28. The third-order valence-corrected chi connectivity index (χ3v) is 4.57. The summed E-state index contributed by atoms with van der Waals surface area (Å²) in [6, 6.07) is 9.66. The van der Waals surface area contributed by atoms with Crippen molar-refractivity contribution < 1.29 is 14.3 Å². The van der Waals surface area contributed by atoms with Gasteiger partial charge in [0.1, 0.15) is 6.29 Å². The summed E-state index contributed by atoms with van der Waals surface area (Å²) in [5.74, 6) is 0.800. The van der Waals surface area contributed by atoms with Gasteiger partial charge in [-0.05, 0) is 16.5 Å². The monoisotopic (exact) mass is 346 g/mol. The average Bonchev–Trinajstić information content (AvgIpc) is 2.58. The zero-order valence-corrected chi connectivity index (χ0v) is 15.4. The van der Waals surface area contributed by atoms with Crippen LogP contribution in [0.3, 0.4) is 0 Å². The number of nitrogens with zero attached hydrogens (tertiary/aromatic N) is 2. The van der Waals surface area contributed by atoms with Gasteiger partial charge in [0, 0.05) is 0 Å². The summed E-state index contributed by atoms with van der Waals surface area (Å²) in [5.41, 5.74) is 2.21. The number of hydrogen-bond acceptors (Lipinski definition) is 6. The summed E-state index contributed by atoms with van der Waals surface area (Å²) in [5, 5.41) is 0.0408. The second-order valence-corrected chi connectivity index (χ2v) is 7.39. The first-order valence-electron chi connectivity index (χ1n) is 7.57. The topological polar surface area (TPSA) is 61.3 Å². The SMILES string of the molecule is COc1cc(OC)nc(SC(C=O)c2ccc(C(C)(C)C)cc2)n1. The van der Waals surface area contributed by atoms with E-state index in [4.69, 9.17) is 9.47 Å². The molecule has 0 aliphatic heterocycles. The van der Waals surface area contributed by atoms with Crippen molar-refractivity contribution in [1.29, 1.82) is 0 Å². The van der Waals surface area contributed by atoms with Gasteiger partial charge in [0.05, 0.1) is 25.5 Å². The van der Waals surface area contributed by atoms with Crippen LogP contribution >= 0.6 is 11.8 Å². The van der Waals surface area contributed by atoms with E-state index in [1.54, 1.807) is 6.07 Å². The van der Waals surface area contributed by atoms with Crippen molar-refractivity contribution in [3.8, 4) is 11.8 Å². The fraction of sp³-hybridized carbons (Fsp3) is 0.389. The molecule has 1 aromatic heterocycles. The van der Waals surface area contributed by atoms with Crippen LogP contribution < -0.4 is 9.47 Å². The van der Waals surface area contributed by atoms with Gasteiger partial charge in [0.2, 0.25) is 11.8 Å². The first-order valence-corrected chi connectivity index (χ1v) is 8.45. The van der Waals surface area contributed by atoms with Crippen LogP contribution in [0.4, 0.5) is 0 Å². The smallest absolute Gasteiger partial charge is 0.220 e. The molecule has 0 saturated heterocycles. The number of benzene rings is 1. The van der Waals surface area contributed by atoms with E-state index < -0.39 is 5.25 Å². The van der Waals surface area contributed by atoms with Crippen molar-refractivity contribution in [3.05, 3.63) is 41.5 Å². The Morgan fingerprint density at radius 1 is 1.04 bits per heavy atom. The Kier molecular flexibility index (Phi) is 5.83. The van der Waals surface area contributed by atoms with Gasteiger partial charge in [0.25, 0.3) is 0 Å². The summed E-state index contributed by atoms with van der Waals surface area (Å²) in [7, 11) is 3.05. The third kappa shape index (κ3) is 4.47. The Balaban J connectivity index is 2.25. The molecular formula is C18H22N2O3S. The highest BCUT2D eigenvalue weighted by Crippen LogP contribution is 2.34. The molecule has 6 heteroatoms. The normalized spacial score (nSPS) is 12.5. The van der Waals surface area contributed by atoms with Crippen LogP contribution in [0.15, 0.2) is 35.5 Å². The lowest BCUT2D eigenvalue weighted by Crippen LogP contribution is -2.11. The molecule has 1 atom stereocenters. The van der Waals surface area contributed by atoms with Gasteiger partial charge in [-0.1, -0.05) is 56.8 Å². The Morgan fingerprint density at radius 2 is 1.58 bits per heavy atom. The average molecular weight is 346 g/mol. The molecule has 0 radical (unpaired) electrons. The lowest BCUT2D eigenvalue weighted by atomic mass is 9.86. The minimum absolute atomic E-state index is 0.0750. The maximum absolute atomic E-state index is 11.6. The summed E-state index contributed by atoms with van der Waals surface area (Å²) in [6.45, 7) is 6.47. The molecule has 0 aliphatic rings. The first kappa shape index (κ1) is 18.3. The van der Waals surface area contributed by atoms with E-state index >= 15 is 0 Å². The molecule has 0 aliphatic carbocycles. The zero-order valence-electron chi connectivity index (χ0n) is 14.6. The molecule has 1 unspecified atom stereocenters. The maximum Gasteiger partial charge on any atom is 0.220 e. The number of aromatic nitrogens is 2. The van der Waals surface area contributed by atoms with E-state index in [9.17, 15) is 4.79 Å². The molecule has 0 N–H and O–H groups in total. The van der Waals surface area contributed by atoms with E-state index in [-0.39, 0.29) is 5.41 Å². The molecule has 24 heavy (non-hydrogen) atoms. The summed E-state index contributed by atoms with van der Waals surface area (Å²) < 4.78 is 10.3. The Labute approximate surface area is 146 Å². The number of aldehydes is 1. The van der Waals surface area contributed by atoms with Crippen LogP contribution in [-0.2, 0) is 10.2 Å². The number of hydrogen-bond donors (Lipinski definition) is 0. The molecular weight excluding hydrogens is 324 g/mol. The maximum atomic E-state index is 11.6. The van der Waals surface area contributed by atoms with Crippen LogP contribution in [0.25, 0.3) is 0 Å². The van der Waals surface area contributed by atoms with Gasteiger partial charge < -0.3 is 14.3 Å². The lowest BCUT2D eigenvalue weighted by Gasteiger charge is -2.20. The predicted molar refractivity (Wildman–Crippen MR) is 94.9 cm³/mol. The van der Waals surface area contributed by atoms with Crippen LogP contribution in [0.2, 0.25) is 0 Å². The standard InChI is InChI=1S/C18H22N2O3S/c1-18(2,3)13-8-6-12(7-9-13)14(11-21)24-17-19-15(22-4)10-16(20-17)23-5/h6-11,14H,1-5H3. The fourth-order valence-corrected chi connectivity index (χ4v) is 2.97. The Hall–Kier alpha value is -2.08.